The van der Waals surface area contributed by atoms with Crippen LogP contribution in [0, 0.1) is 10.1 Å². The van der Waals surface area contributed by atoms with E-state index in [1.165, 1.54) is 19.2 Å². The molecule has 7 heteroatoms. The van der Waals surface area contributed by atoms with E-state index in [9.17, 15) is 18.9 Å². The second kappa shape index (κ2) is 5.02. The molecule has 1 rings (SSSR count). The number of hydrogen-bond acceptors (Lipinski definition) is 3. The van der Waals surface area contributed by atoms with Gasteiger partial charge in [0.25, 0.3) is 0 Å². The second-order valence-corrected chi connectivity index (χ2v) is 3.41. The summed E-state index contributed by atoms with van der Waals surface area (Å²) < 4.78 is 29.1. The quantitative estimate of drug-likeness (QED) is 0.632. The summed E-state index contributed by atoms with van der Waals surface area (Å²) in [6.45, 7) is 0. The molecular formula is C9H6BrF2NO3. The third kappa shape index (κ3) is 2.54. The fourth-order valence-corrected chi connectivity index (χ4v) is 1.31. The standard InChI is InChI=1S/C9H6BrF2NO3/c1-16-7-3-2-5(8(11)9(10)12)4-6(7)13(14)15/h2-4H,1H3/b9-8-. The van der Waals surface area contributed by atoms with Crippen LogP contribution in [0.25, 0.3) is 5.83 Å². The molecule has 0 aliphatic carbocycles. The van der Waals surface area contributed by atoms with Crippen molar-refractivity contribution in [1.29, 1.82) is 0 Å². The Labute approximate surface area is 97.8 Å². The Morgan fingerprint density at radius 1 is 1.50 bits per heavy atom. The number of methoxy groups -OCH3 is 1. The molecule has 0 saturated heterocycles. The van der Waals surface area contributed by atoms with E-state index < -0.39 is 21.2 Å². The van der Waals surface area contributed by atoms with Crippen LogP contribution in [0.3, 0.4) is 0 Å². The highest BCUT2D eigenvalue weighted by Gasteiger charge is 2.17. The highest BCUT2D eigenvalue weighted by Crippen LogP contribution is 2.32. The average molecular weight is 294 g/mol. The molecule has 0 saturated carbocycles. The highest BCUT2D eigenvalue weighted by atomic mass is 79.9. The molecule has 0 unspecified atom stereocenters. The predicted octanol–water partition coefficient (Wildman–Crippen LogP) is 3.56. The van der Waals surface area contributed by atoms with E-state index in [1.54, 1.807) is 0 Å². The summed E-state index contributed by atoms with van der Waals surface area (Å²) in [5.74, 6) is -1.22. The minimum atomic E-state index is -1.22. The van der Waals surface area contributed by atoms with Gasteiger partial charge in [0.1, 0.15) is 0 Å². The number of benzene rings is 1. The molecule has 86 valence electrons. The van der Waals surface area contributed by atoms with Gasteiger partial charge in [0, 0.05) is 11.6 Å². The summed E-state index contributed by atoms with van der Waals surface area (Å²) >= 11 is 2.31. The Balaban J connectivity index is 3.33. The highest BCUT2D eigenvalue weighted by molar-refractivity contribution is 9.11. The van der Waals surface area contributed by atoms with E-state index in [2.05, 4.69) is 15.9 Å². The Hall–Kier alpha value is -1.50. The number of ether oxygens (including phenoxy) is 1. The van der Waals surface area contributed by atoms with E-state index in [0.717, 1.165) is 6.07 Å². The van der Waals surface area contributed by atoms with E-state index in [-0.39, 0.29) is 11.3 Å². The maximum atomic E-state index is 13.1. The third-order valence-electron chi connectivity index (χ3n) is 1.79. The fraction of sp³-hybridized carbons (Fsp3) is 0.111. The van der Waals surface area contributed by atoms with Crippen LogP contribution in [-0.4, -0.2) is 12.0 Å². The largest absolute Gasteiger partial charge is 0.490 e. The van der Waals surface area contributed by atoms with Crippen LogP contribution in [0.4, 0.5) is 14.5 Å². The monoisotopic (exact) mass is 293 g/mol. The number of halogens is 3. The van der Waals surface area contributed by atoms with Crippen LogP contribution in [0.2, 0.25) is 0 Å². The summed E-state index contributed by atoms with van der Waals surface area (Å²) in [6, 6.07) is 3.28. The smallest absolute Gasteiger partial charge is 0.311 e. The molecule has 0 radical (unpaired) electrons. The Kier molecular flexibility index (Phi) is 3.94. The van der Waals surface area contributed by atoms with Gasteiger partial charge in [-0.1, -0.05) is 0 Å². The molecule has 4 nitrogen and oxygen atoms in total. The van der Waals surface area contributed by atoms with Crippen molar-refractivity contribution >= 4 is 27.4 Å². The van der Waals surface area contributed by atoms with Gasteiger partial charge in [-0.25, -0.2) is 4.39 Å². The second-order valence-electron chi connectivity index (χ2n) is 2.72. The normalized spacial score (nSPS) is 12.0. The maximum Gasteiger partial charge on any atom is 0.311 e. The number of nitrogens with zero attached hydrogens (tertiary/aromatic N) is 1. The lowest BCUT2D eigenvalue weighted by molar-refractivity contribution is -0.385. The van der Waals surface area contributed by atoms with Crippen molar-refractivity contribution in [3.8, 4) is 5.75 Å². The van der Waals surface area contributed by atoms with Gasteiger partial charge in [-0.3, -0.25) is 10.1 Å². The molecule has 0 aromatic heterocycles. The zero-order valence-corrected chi connectivity index (χ0v) is 9.62. The van der Waals surface area contributed by atoms with Crippen molar-refractivity contribution in [3.05, 3.63) is 38.6 Å². The molecule has 0 aliphatic rings. The number of hydrogen-bond donors (Lipinski definition) is 0. The molecule has 0 N–H and O–H groups in total. The summed E-state index contributed by atoms with van der Waals surface area (Å²) in [7, 11) is 1.25. The lowest BCUT2D eigenvalue weighted by atomic mass is 10.1. The summed E-state index contributed by atoms with van der Waals surface area (Å²) in [6.07, 6.45) is 0. The van der Waals surface area contributed by atoms with E-state index in [4.69, 9.17) is 4.74 Å². The zero-order chi connectivity index (χ0) is 12.3. The molecular weight excluding hydrogens is 288 g/mol. The number of rotatable bonds is 3. The Morgan fingerprint density at radius 3 is 2.56 bits per heavy atom. The van der Waals surface area contributed by atoms with Gasteiger partial charge in [-0.05, 0) is 28.1 Å². The van der Waals surface area contributed by atoms with Crippen molar-refractivity contribution in [1.82, 2.24) is 0 Å². The van der Waals surface area contributed by atoms with Crippen molar-refractivity contribution in [2.75, 3.05) is 7.11 Å². The molecule has 1 aromatic carbocycles. The molecule has 0 bridgehead atoms. The Bertz CT molecular complexity index is 458. The van der Waals surface area contributed by atoms with Crippen LogP contribution < -0.4 is 4.74 Å². The van der Waals surface area contributed by atoms with Gasteiger partial charge in [-0.15, -0.1) is 0 Å². The first-order valence-electron chi connectivity index (χ1n) is 4.01. The topological polar surface area (TPSA) is 52.4 Å². The lowest BCUT2D eigenvalue weighted by Crippen LogP contribution is -1.94. The third-order valence-corrected chi connectivity index (χ3v) is 2.14. The number of nitro groups is 1. The molecule has 0 spiro atoms. The van der Waals surface area contributed by atoms with Crippen molar-refractivity contribution in [2.45, 2.75) is 0 Å². The van der Waals surface area contributed by atoms with Gasteiger partial charge in [0.15, 0.2) is 11.6 Å². The van der Waals surface area contributed by atoms with Gasteiger partial charge in [0.05, 0.1) is 12.0 Å². The SMILES string of the molecule is COc1ccc(/C(F)=C(/F)Br)cc1[N+](=O)[O-]. The molecule has 0 fully saturated rings. The summed E-state index contributed by atoms with van der Waals surface area (Å²) in [4.78, 5) is 9.87. The maximum absolute atomic E-state index is 13.1. The average Bonchev–Trinajstić information content (AvgIpc) is 2.26. The van der Waals surface area contributed by atoms with Crippen molar-refractivity contribution < 1.29 is 18.4 Å². The fourth-order valence-electron chi connectivity index (χ4n) is 1.08. The van der Waals surface area contributed by atoms with Crippen LogP contribution in [-0.2, 0) is 0 Å². The Morgan fingerprint density at radius 2 is 2.12 bits per heavy atom. The first-order chi connectivity index (χ1) is 7.47. The van der Waals surface area contributed by atoms with Crippen molar-refractivity contribution in [3.63, 3.8) is 0 Å². The molecule has 0 heterocycles. The predicted molar refractivity (Wildman–Crippen MR) is 57.7 cm³/mol. The minimum Gasteiger partial charge on any atom is -0.490 e. The zero-order valence-electron chi connectivity index (χ0n) is 8.04. The van der Waals surface area contributed by atoms with E-state index in [0.29, 0.717) is 0 Å². The van der Waals surface area contributed by atoms with E-state index >= 15 is 0 Å². The molecule has 0 atom stereocenters. The first kappa shape index (κ1) is 12.6. The molecule has 1 aromatic rings. The number of nitro benzene ring substituents is 1. The van der Waals surface area contributed by atoms with Gasteiger partial charge in [0.2, 0.25) is 4.74 Å². The van der Waals surface area contributed by atoms with E-state index in [1.807, 2.05) is 0 Å². The van der Waals surface area contributed by atoms with Gasteiger partial charge >= 0.3 is 5.69 Å². The molecule has 16 heavy (non-hydrogen) atoms. The lowest BCUT2D eigenvalue weighted by Gasteiger charge is -2.03. The summed E-state index contributed by atoms with van der Waals surface area (Å²) in [5, 5.41) is 10.6. The van der Waals surface area contributed by atoms with Crippen molar-refractivity contribution in [2.24, 2.45) is 0 Å². The minimum absolute atomic E-state index is 0.0171. The van der Waals surface area contributed by atoms with Gasteiger partial charge < -0.3 is 4.74 Å². The molecule has 0 amide bonds. The van der Waals surface area contributed by atoms with Crippen LogP contribution >= 0.6 is 15.9 Å². The van der Waals surface area contributed by atoms with Crippen LogP contribution in [0.15, 0.2) is 22.9 Å². The van der Waals surface area contributed by atoms with Crippen LogP contribution in [0.1, 0.15) is 5.56 Å². The van der Waals surface area contributed by atoms with Crippen LogP contribution in [0.5, 0.6) is 5.75 Å². The first-order valence-corrected chi connectivity index (χ1v) is 4.80. The van der Waals surface area contributed by atoms with Gasteiger partial charge in [-0.2, -0.15) is 4.39 Å². The summed E-state index contributed by atoms with van der Waals surface area (Å²) in [5.41, 5.74) is -0.661. The molecule has 0 aliphatic heterocycles.